The van der Waals surface area contributed by atoms with Gasteiger partial charge in [0.05, 0.1) is 30.1 Å². The van der Waals surface area contributed by atoms with Crippen LogP contribution in [0.15, 0.2) is 12.1 Å². The fourth-order valence-electron chi connectivity index (χ4n) is 9.87. The molecule has 0 radical (unpaired) electrons. The highest BCUT2D eigenvalue weighted by Crippen LogP contribution is 2.78. The van der Waals surface area contributed by atoms with Crippen molar-refractivity contribution in [3.63, 3.8) is 0 Å². The molecule has 7 aliphatic rings. The van der Waals surface area contributed by atoms with Crippen LogP contribution in [-0.2, 0) is 16.6 Å². The molecule has 1 aromatic rings. The van der Waals surface area contributed by atoms with Gasteiger partial charge in [0.15, 0.2) is 11.5 Å². The summed E-state index contributed by atoms with van der Waals surface area (Å²) in [5, 5.41) is 38.0. The van der Waals surface area contributed by atoms with Crippen molar-refractivity contribution in [2.75, 3.05) is 20.2 Å². The average molecular weight is 484 g/mol. The minimum atomic E-state index is -1.01. The molecule has 8 rings (SSSR count). The number of fused-ring (bicyclic) bond motifs is 2. The normalized spacial score (nSPS) is 46.7. The van der Waals surface area contributed by atoms with Crippen LogP contribution in [0.3, 0.4) is 0 Å². The maximum absolute atomic E-state index is 14.8. The van der Waals surface area contributed by atoms with Crippen molar-refractivity contribution in [1.29, 1.82) is 0 Å². The number of rotatable bonds is 4. The van der Waals surface area contributed by atoms with Gasteiger partial charge in [-0.15, -0.1) is 0 Å². The number of quaternary nitrogens is 1. The molecule has 35 heavy (non-hydrogen) atoms. The summed E-state index contributed by atoms with van der Waals surface area (Å²) in [7, 11) is 1.78. The van der Waals surface area contributed by atoms with Gasteiger partial charge in [-0.05, 0) is 56.1 Å². The fourth-order valence-corrected chi connectivity index (χ4v) is 9.87. The number of phenols is 1. The molecule has 5 aliphatic carbocycles. The Balaban J connectivity index is 1.50. The minimum absolute atomic E-state index is 0.0423. The van der Waals surface area contributed by atoms with Crippen LogP contribution in [0.5, 0.6) is 11.5 Å². The van der Waals surface area contributed by atoms with Gasteiger partial charge in [-0.3, -0.25) is 0 Å². The van der Waals surface area contributed by atoms with Gasteiger partial charge in [-0.2, -0.15) is 0 Å². The first-order valence-corrected chi connectivity index (χ1v) is 13.7. The maximum Gasteiger partial charge on any atom is 0.165 e. The van der Waals surface area contributed by atoms with Crippen molar-refractivity contribution in [3.05, 3.63) is 28.5 Å². The highest BCUT2D eigenvalue weighted by Gasteiger charge is 2.84. The lowest BCUT2D eigenvalue weighted by atomic mass is 9.33. The van der Waals surface area contributed by atoms with Gasteiger partial charge in [0, 0.05) is 42.8 Å². The summed E-state index contributed by atoms with van der Waals surface area (Å²) in [4.78, 5) is 0. The Hall–Kier alpha value is -1.34. The quantitative estimate of drug-likeness (QED) is 0.489. The summed E-state index contributed by atoms with van der Waals surface area (Å²) in [5.41, 5.74) is -0.317. The number of hydrogen-bond donors (Lipinski definition) is 2. The number of hydrogen-bond acceptors (Lipinski definition) is 5. The first-order valence-electron chi connectivity index (χ1n) is 13.7. The zero-order valence-electron chi connectivity index (χ0n) is 21.9. The zero-order valence-corrected chi connectivity index (χ0v) is 21.9. The number of piperidine rings is 1. The lowest BCUT2D eigenvalue weighted by Gasteiger charge is -2.77. The van der Waals surface area contributed by atoms with Crippen molar-refractivity contribution >= 4 is 0 Å². The lowest BCUT2D eigenvalue weighted by Crippen LogP contribution is -2.85. The van der Waals surface area contributed by atoms with Crippen molar-refractivity contribution in [2.24, 2.45) is 22.7 Å². The van der Waals surface area contributed by atoms with Gasteiger partial charge in [0.2, 0.25) is 0 Å². The van der Waals surface area contributed by atoms with Gasteiger partial charge in [0.1, 0.15) is 11.7 Å². The average Bonchev–Trinajstić information content (AvgIpc) is 3.52. The molecule has 1 unspecified atom stereocenters. The number of aromatic hydroxyl groups is 1. The molecule has 2 aliphatic heterocycles. The summed E-state index contributed by atoms with van der Waals surface area (Å²) < 4.78 is 13.3. The molecule has 2 spiro atoms. The Morgan fingerprint density at radius 3 is 2.57 bits per heavy atom. The van der Waals surface area contributed by atoms with Crippen molar-refractivity contribution < 1.29 is 24.3 Å². The molecule has 1 aromatic carbocycles. The Bertz CT molecular complexity index is 1110. The second-order valence-corrected chi connectivity index (χ2v) is 14.2. The second-order valence-electron chi connectivity index (χ2n) is 14.2. The van der Waals surface area contributed by atoms with E-state index in [0.29, 0.717) is 18.2 Å². The van der Waals surface area contributed by atoms with E-state index in [1.165, 1.54) is 18.4 Å². The molecule has 0 amide bonds. The van der Waals surface area contributed by atoms with E-state index in [9.17, 15) is 15.4 Å². The van der Waals surface area contributed by atoms with Gasteiger partial charge < -0.3 is 29.5 Å². The predicted octanol–water partition coefficient (Wildman–Crippen LogP) is 4.43. The molecule has 4 saturated carbocycles. The van der Waals surface area contributed by atoms with Crippen LogP contribution in [0.4, 0.5) is 0 Å². The molecule has 5 fully saturated rings. The first kappa shape index (κ1) is 22.8. The largest absolute Gasteiger partial charge is 0.633 e. The van der Waals surface area contributed by atoms with Crippen LogP contribution in [0, 0.1) is 27.9 Å². The van der Waals surface area contributed by atoms with Gasteiger partial charge in [0.25, 0.3) is 0 Å². The Kier molecular flexibility index (Phi) is 4.16. The molecule has 6 heteroatoms. The Morgan fingerprint density at radius 2 is 1.91 bits per heavy atom. The number of methoxy groups -OCH3 is 1. The van der Waals surface area contributed by atoms with E-state index < -0.39 is 11.2 Å². The molecular formula is C29H41NO5. The van der Waals surface area contributed by atoms with Gasteiger partial charge in [-0.1, -0.05) is 26.8 Å². The molecular weight excluding hydrogens is 442 g/mol. The molecule has 192 valence electrons. The van der Waals surface area contributed by atoms with E-state index in [4.69, 9.17) is 9.47 Å². The smallest absolute Gasteiger partial charge is 0.165 e. The highest BCUT2D eigenvalue weighted by molar-refractivity contribution is 5.63. The zero-order chi connectivity index (χ0) is 24.8. The number of phenolic OH excluding ortho intramolecular Hbond substituents is 1. The number of nitrogens with zero attached hydrogens (tertiary/aromatic N) is 1. The first-order chi connectivity index (χ1) is 16.4. The number of hydroxylamine groups is 3. The molecule has 0 aromatic heterocycles. The maximum atomic E-state index is 14.8. The standard InChI is InChI=1S/C29H41NO5/c1-25(2,3)26(4,32)20-15-27-10-11-29(20,34-5)24-28(27)12-13-30(33,16-17-6-7-17)21(27)14-18-8-9-19(31)23(35-24)22(18)28/h8-9,17,20-21,24,31-32H,6-7,10-16H2,1-5H3/t20-,21-,24+,26-,27?,28+,29+,30+/m1/s1. The topological polar surface area (TPSA) is 82.0 Å². The Labute approximate surface area is 208 Å². The number of benzene rings is 1. The van der Waals surface area contributed by atoms with Crippen LogP contribution in [-0.4, -0.2) is 58.4 Å². The predicted molar refractivity (Wildman–Crippen MR) is 132 cm³/mol. The molecule has 1 saturated heterocycles. The van der Waals surface area contributed by atoms with Crippen LogP contribution in [0.1, 0.15) is 77.3 Å². The number of aliphatic hydroxyl groups is 1. The molecule has 4 bridgehead atoms. The van der Waals surface area contributed by atoms with Crippen molar-refractivity contribution in [1.82, 2.24) is 0 Å². The highest BCUT2D eigenvalue weighted by atomic mass is 16.6. The van der Waals surface area contributed by atoms with E-state index >= 15 is 0 Å². The summed E-state index contributed by atoms with van der Waals surface area (Å²) in [6, 6.07) is 3.75. The summed E-state index contributed by atoms with van der Waals surface area (Å²) in [6.07, 6.45) is 6.03. The lowest BCUT2D eigenvalue weighted by molar-refractivity contribution is -0.926. The van der Waals surface area contributed by atoms with E-state index in [-0.39, 0.29) is 44.7 Å². The molecule has 8 atom stereocenters. The van der Waals surface area contributed by atoms with Crippen LogP contribution < -0.4 is 4.74 Å². The SMILES string of the molecule is CO[C@@]12CCC3(C[C@@H]1[C@@](C)(O)C(C)(C)C)[C@H]1Cc4ccc(O)c5c4[C@@]3(CC[N@+]1([O-])CC1CC1)[C@@H]2O5. The van der Waals surface area contributed by atoms with Crippen molar-refractivity contribution in [2.45, 2.75) is 101 Å². The van der Waals surface area contributed by atoms with Crippen molar-refractivity contribution in [3.8, 4) is 11.5 Å². The second kappa shape index (κ2) is 6.38. The van der Waals surface area contributed by atoms with E-state index in [1.54, 1.807) is 13.2 Å². The fraction of sp³-hybridized carbons (Fsp3) is 0.793. The van der Waals surface area contributed by atoms with E-state index in [0.717, 1.165) is 44.2 Å². The number of likely N-dealkylation sites (tertiary alicyclic amines) is 1. The summed E-state index contributed by atoms with van der Waals surface area (Å²) in [6.45, 7) is 9.60. The van der Waals surface area contributed by atoms with E-state index in [2.05, 4.69) is 20.8 Å². The summed E-state index contributed by atoms with van der Waals surface area (Å²) in [5.74, 6) is 1.20. The third kappa shape index (κ3) is 2.38. The monoisotopic (exact) mass is 483 g/mol. The number of ether oxygens (including phenoxy) is 2. The van der Waals surface area contributed by atoms with Crippen LogP contribution in [0.25, 0.3) is 0 Å². The van der Waals surface area contributed by atoms with Gasteiger partial charge in [-0.25, -0.2) is 0 Å². The molecule has 6 nitrogen and oxygen atoms in total. The van der Waals surface area contributed by atoms with Gasteiger partial charge >= 0.3 is 0 Å². The Morgan fingerprint density at radius 1 is 1.17 bits per heavy atom. The van der Waals surface area contributed by atoms with Crippen LogP contribution in [0.2, 0.25) is 0 Å². The molecule has 2 N–H and O–H groups in total. The van der Waals surface area contributed by atoms with E-state index in [1.807, 2.05) is 13.0 Å². The third-order valence-electron chi connectivity index (χ3n) is 12.1. The minimum Gasteiger partial charge on any atom is -0.633 e. The summed E-state index contributed by atoms with van der Waals surface area (Å²) >= 11 is 0. The molecule has 2 heterocycles. The van der Waals surface area contributed by atoms with Crippen LogP contribution >= 0.6 is 0 Å². The third-order valence-corrected chi connectivity index (χ3v) is 12.1.